The molecule has 0 fully saturated rings. The molecule has 0 aliphatic rings. The molecule has 0 aliphatic carbocycles. The van der Waals surface area contributed by atoms with E-state index in [0.29, 0.717) is 23.7 Å². The Kier molecular flexibility index (Phi) is 6.90. The molecule has 0 spiro atoms. The van der Waals surface area contributed by atoms with Crippen LogP contribution in [0.2, 0.25) is 5.02 Å². The van der Waals surface area contributed by atoms with Crippen molar-refractivity contribution in [3.05, 3.63) is 64.6 Å². The van der Waals surface area contributed by atoms with Gasteiger partial charge in [-0.1, -0.05) is 23.7 Å². The molecule has 7 heteroatoms. The quantitative estimate of drug-likeness (QED) is 0.583. The third-order valence-corrected chi connectivity index (χ3v) is 5.33. The maximum atomic E-state index is 12.2. The van der Waals surface area contributed by atoms with Crippen molar-refractivity contribution in [1.82, 2.24) is 10.3 Å². The van der Waals surface area contributed by atoms with E-state index in [1.54, 1.807) is 37.5 Å². The van der Waals surface area contributed by atoms with E-state index >= 15 is 0 Å². The lowest BCUT2D eigenvalue weighted by atomic mass is 10.2. The number of rotatable bonds is 8. The summed E-state index contributed by atoms with van der Waals surface area (Å²) >= 11 is 7.64. The fourth-order valence-corrected chi connectivity index (χ4v) is 3.57. The Balaban J connectivity index is 1.48. The van der Waals surface area contributed by atoms with Gasteiger partial charge in [-0.3, -0.25) is 4.79 Å². The van der Waals surface area contributed by atoms with Crippen LogP contribution < -0.4 is 14.8 Å². The number of methoxy groups -OCH3 is 1. The molecule has 28 heavy (non-hydrogen) atoms. The predicted molar refractivity (Wildman–Crippen MR) is 112 cm³/mol. The van der Waals surface area contributed by atoms with Gasteiger partial charge >= 0.3 is 0 Å². The fourth-order valence-electron chi connectivity index (χ4n) is 2.53. The van der Waals surface area contributed by atoms with E-state index in [4.69, 9.17) is 21.1 Å². The van der Waals surface area contributed by atoms with Crippen molar-refractivity contribution in [2.75, 3.05) is 13.7 Å². The molecule has 1 atom stereocenters. The highest BCUT2D eigenvalue weighted by atomic mass is 35.5. The van der Waals surface area contributed by atoms with Gasteiger partial charge in [0.05, 0.1) is 17.8 Å². The maximum Gasteiger partial charge on any atom is 0.260 e. The Morgan fingerprint density at radius 2 is 1.96 bits per heavy atom. The zero-order chi connectivity index (χ0) is 19.9. The number of para-hydroxylation sites is 1. The van der Waals surface area contributed by atoms with Gasteiger partial charge in [0.1, 0.15) is 16.5 Å². The Morgan fingerprint density at radius 3 is 2.68 bits per heavy atom. The molecule has 146 valence electrons. The topological polar surface area (TPSA) is 60.5 Å². The summed E-state index contributed by atoms with van der Waals surface area (Å²) in [6.45, 7) is 2.18. The SMILES string of the molecule is COc1ccc(-c2nc(CCNC(=O)[C@H](C)Oc3ccccc3Cl)cs2)cc1. The number of hydrogen-bond donors (Lipinski definition) is 1. The summed E-state index contributed by atoms with van der Waals surface area (Å²) in [7, 11) is 1.64. The summed E-state index contributed by atoms with van der Waals surface area (Å²) in [6.07, 6.45) is 0.0159. The van der Waals surface area contributed by atoms with Gasteiger partial charge in [0.15, 0.2) is 6.10 Å². The van der Waals surface area contributed by atoms with E-state index < -0.39 is 6.10 Å². The Hall–Kier alpha value is -2.57. The first-order chi connectivity index (χ1) is 13.6. The number of nitrogens with zero attached hydrogens (tertiary/aromatic N) is 1. The first-order valence-corrected chi connectivity index (χ1v) is 10.1. The zero-order valence-corrected chi connectivity index (χ0v) is 17.2. The summed E-state index contributed by atoms with van der Waals surface area (Å²) < 4.78 is 10.8. The highest BCUT2D eigenvalue weighted by Crippen LogP contribution is 2.26. The Morgan fingerprint density at radius 1 is 1.21 bits per heavy atom. The minimum absolute atomic E-state index is 0.189. The van der Waals surface area contributed by atoms with Crippen LogP contribution in [0.1, 0.15) is 12.6 Å². The molecule has 0 radical (unpaired) electrons. The van der Waals surface area contributed by atoms with E-state index in [9.17, 15) is 4.79 Å². The van der Waals surface area contributed by atoms with Gasteiger partial charge in [-0.2, -0.15) is 0 Å². The molecule has 0 aliphatic heterocycles. The molecule has 1 heterocycles. The molecule has 0 saturated heterocycles. The third kappa shape index (κ3) is 5.24. The lowest BCUT2D eigenvalue weighted by molar-refractivity contribution is -0.127. The number of hydrogen-bond acceptors (Lipinski definition) is 5. The molecule has 2 aromatic carbocycles. The maximum absolute atomic E-state index is 12.2. The first-order valence-electron chi connectivity index (χ1n) is 8.84. The Labute approximate surface area is 173 Å². The lowest BCUT2D eigenvalue weighted by Gasteiger charge is -2.15. The van der Waals surface area contributed by atoms with Crippen molar-refractivity contribution in [1.29, 1.82) is 0 Å². The van der Waals surface area contributed by atoms with Crippen LogP contribution in [0.15, 0.2) is 53.9 Å². The molecule has 0 unspecified atom stereocenters. The largest absolute Gasteiger partial charge is 0.497 e. The highest BCUT2D eigenvalue weighted by Gasteiger charge is 2.15. The number of aromatic nitrogens is 1. The number of carbonyl (C=O) groups excluding carboxylic acids is 1. The molecule has 1 N–H and O–H groups in total. The molecular formula is C21H21ClN2O3S. The molecule has 0 saturated carbocycles. The van der Waals surface area contributed by atoms with Crippen LogP contribution in [0.3, 0.4) is 0 Å². The van der Waals surface area contributed by atoms with E-state index in [2.05, 4.69) is 10.3 Å². The average Bonchev–Trinajstić information content (AvgIpc) is 3.18. The number of carbonyl (C=O) groups is 1. The van der Waals surface area contributed by atoms with Crippen LogP contribution in [0, 0.1) is 0 Å². The number of benzene rings is 2. The standard InChI is InChI=1S/C21H21ClN2O3S/c1-14(27-19-6-4-3-5-18(19)22)20(25)23-12-11-16-13-28-21(24-16)15-7-9-17(26-2)10-8-15/h3-10,13-14H,11-12H2,1-2H3,(H,23,25)/t14-/m0/s1. The predicted octanol–water partition coefficient (Wildman–Crippen LogP) is 4.60. The highest BCUT2D eigenvalue weighted by molar-refractivity contribution is 7.13. The summed E-state index contributed by atoms with van der Waals surface area (Å²) in [5.41, 5.74) is 1.98. The second-order valence-corrected chi connectivity index (χ2v) is 7.37. The number of thiazole rings is 1. The molecule has 5 nitrogen and oxygen atoms in total. The van der Waals surface area contributed by atoms with Crippen LogP contribution >= 0.6 is 22.9 Å². The van der Waals surface area contributed by atoms with Crippen molar-refractivity contribution in [3.63, 3.8) is 0 Å². The second kappa shape index (κ2) is 9.57. The van der Waals surface area contributed by atoms with Crippen molar-refractivity contribution in [2.24, 2.45) is 0 Å². The first kappa shape index (κ1) is 20.2. The number of nitrogens with one attached hydrogen (secondary N) is 1. The van der Waals surface area contributed by atoms with Gasteiger partial charge in [-0.15, -0.1) is 11.3 Å². The monoisotopic (exact) mass is 416 g/mol. The van der Waals surface area contributed by atoms with Gasteiger partial charge < -0.3 is 14.8 Å². The molecule has 1 amide bonds. The lowest BCUT2D eigenvalue weighted by Crippen LogP contribution is -2.37. The van der Waals surface area contributed by atoms with E-state index in [0.717, 1.165) is 22.0 Å². The van der Waals surface area contributed by atoms with E-state index in [-0.39, 0.29) is 5.91 Å². The summed E-state index contributed by atoms with van der Waals surface area (Å²) in [4.78, 5) is 16.9. The van der Waals surface area contributed by atoms with Gasteiger partial charge in [0.25, 0.3) is 5.91 Å². The van der Waals surface area contributed by atoms with Crippen molar-refractivity contribution >= 4 is 28.8 Å². The number of amides is 1. The smallest absolute Gasteiger partial charge is 0.260 e. The summed E-state index contributed by atoms with van der Waals surface area (Å²) in [5, 5.41) is 6.31. The van der Waals surface area contributed by atoms with Crippen molar-refractivity contribution in [3.8, 4) is 22.1 Å². The normalized spacial score (nSPS) is 11.7. The number of ether oxygens (including phenoxy) is 2. The van der Waals surface area contributed by atoms with Gasteiger partial charge in [0, 0.05) is 23.9 Å². The molecule has 3 aromatic rings. The Bertz CT molecular complexity index is 927. The van der Waals surface area contributed by atoms with Gasteiger partial charge in [-0.05, 0) is 43.3 Å². The van der Waals surface area contributed by atoms with Crippen LogP contribution in [0.5, 0.6) is 11.5 Å². The molecule has 1 aromatic heterocycles. The fraction of sp³-hybridized carbons (Fsp3) is 0.238. The minimum Gasteiger partial charge on any atom is -0.497 e. The summed E-state index contributed by atoms with van der Waals surface area (Å²) in [6, 6.07) is 14.9. The molecular weight excluding hydrogens is 396 g/mol. The van der Waals surface area contributed by atoms with Gasteiger partial charge in [0.2, 0.25) is 0 Å². The van der Waals surface area contributed by atoms with Crippen molar-refractivity contribution < 1.29 is 14.3 Å². The van der Waals surface area contributed by atoms with Crippen molar-refractivity contribution in [2.45, 2.75) is 19.4 Å². The van der Waals surface area contributed by atoms with E-state index in [1.807, 2.05) is 41.8 Å². The van der Waals surface area contributed by atoms with E-state index in [1.165, 1.54) is 0 Å². The van der Waals surface area contributed by atoms with Crippen LogP contribution in [0.25, 0.3) is 10.6 Å². The number of halogens is 1. The zero-order valence-electron chi connectivity index (χ0n) is 15.6. The minimum atomic E-state index is -0.634. The molecule has 3 rings (SSSR count). The molecule has 0 bridgehead atoms. The van der Waals surface area contributed by atoms with Gasteiger partial charge in [-0.25, -0.2) is 4.98 Å². The van der Waals surface area contributed by atoms with Crippen LogP contribution in [0.4, 0.5) is 0 Å². The third-order valence-electron chi connectivity index (χ3n) is 4.08. The second-order valence-electron chi connectivity index (χ2n) is 6.10. The van der Waals surface area contributed by atoms with Crippen LogP contribution in [-0.2, 0) is 11.2 Å². The van der Waals surface area contributed by atoms with Crippen LogP contribution in [-0.4, -0.2) is 30.6 Å². The summed E-state index contributed by atoms with van der Waals surface area (Å²) in [5.74, 6) is 1.12. The average molecular weight is 417 g/mol.